The molecule has 100 valence electrons. The summed E-state index contributed by atoms with van der Waals surface area (Å²) in [7, 11) is 0. The average molecular weight is 273 g/mol. The second kappa shape index (κ2) is 5.43. The Morgan fingerprint density at radius 1 is 1.05 bits per heavy atom. The quantitative estimate of drug-likeness (QED) is 0.778. The minimum atomic E-state index is -0.276. The van der Waals surface area contributed by atoms with Gasteiger partial charge in [-0.05, 0) is 24.3 Å². The second-order valence-corrected chi connectivity index (χ2v) is 4.49. The summed E-state index contributed by atoms with van der Waals surface area (Å²) in [6.07, 6.45) is 1.66. The molecule has 1 N–H and O–H groups in total. The number of hydrogen-bond acceptors (Lipinski definition) is 3. The molecule has 3 rings (SSSR count). The Morgan fingerprint density at radius 3 is 2.71 bits per heavy atom. The molecule has 4 nitrogen and oxygen atoms in total. The highest BCUT2D eigenvalue weighted by Gasteiger charge is 2.12. The number of nitrogens with zero attached hydrogens (tertiary/aromatic N) is 2. The first-order chi connectivity index (χ1) is 10.3. The van der Waals surface area contributed by atoms with Crippen LogP contribution in [0.5, 0.6) is 0 Å². The van der Waals surface area contributed by atoms with Crippen LogP contribution >= 0.6 is 0 Å². The Morgan fingerprint density at radius 2 is 1.86 bits per heavy atom. The van der Waals surface area contributed by atoms with Crippen molar-refractivity contribution in [3.05, 3.63) is 71.9 Å². The number of para-hydroxylation sites is 2. The lowest BCUT2D eigenvalue weighted by Crippen LogP contribution is -2.13. The zero-order valence-corrected chi connectivity index (χ0v) is 11.1. The van der Waals surface area contributed by atoms with Gasteiger partial charge < -0.3 is 5.32 Å². The third-order valence-corrected chi connectivity index (χ3v) is 3.17. The first kappa shape index (κ1) is 12.8. The highest BCUT2D eigenvalue weighted by atomic mass is 16.1. The van der Waals surface area contributed by atoms with E-state index in [-0.39, 0.29) is 5.91 Å². The molecule has 0 unspecified atom stereocenters. The summed E-state index contributed by atoms with van der Waals surface area (Å²) >= 11 is 0. The number of carbonyl (C=O) groups excluding carboxylic acids is 1. The van der Waals surface area contributed by atoms with Crippen molar-refractivity contribution >= 4 is 22.5 Å². The van der Waals surface area contributed by atoms with Crippen LogP contribution in [0, 0.1) is 11.3 Å². The summed E-state index contributed by atoms with van der Waals surface area (Å²) in [6.45, 7) is 0. The molecule has 0 radical (unpaired) electrons. The monoisotopic (exact) mass is 273 g/mol. The van der Waals surface area contributed by atoms with Gasteiger partial charge in [-0.3, -0.25) is 9.78 Å². The second-order valence-electron chi connectivity index (χ2n) is 4.49. The van der Waals surface area contributed by atoms with Gasteiger partial charge in [0.25, 0.3) is 5.91 Å². The maximum atomic E-state index is 12.4. The van der Waals surface area contributed by atoms with E-state index in [0.717, 1.165) is 5.39 Å². The Kier molecular flexibility index (Phi) is 3.32. The van der Waals surface area contributed by atoms with Crippen molar-refractivity contribution in [1.82, 2.24) is 4.98 Å². The van der Waals surface area contributed by atoms with Gasteiger partial charge >= 0.3 is 0 Å². The van der Waals surface area contributed by atoms with Gasteiger partial charge in [-0.1, -0.05) is 30.3 Å². The lowest BCUT2D eigenvalue weighted by atomic mass is 10.1. The van der Waals surface area contributed by atoms with Crippen molar-refractivity contribution < 1.29 is 4.79 Å². The number of aromatic nitrogens is 1. The number of rotatable bonds is 2. The molecule has 0 bridgehead atoms. The normalized spacial score (nSPS) is 10.0. The summed E-state index contributed by atoms with van der Waals surface area (Å²) in [5.41, 5.74) is 2.06. The Balaban J connectivity index is 2.00. The van der Waals surface area contributed by atoms with E-state index >= 15 is 0 Å². The van der Waals surface area contributed by atoms with E-state index in [0.29, 0.717) is 22.3 Å². The third-order valence-electron chi connectivity index (χ3n) is 3.17. The molecular weight excluding hydrogens is 262 g/mol. The number of nitriles is 1. The van der Waals surface area contributed by atoms with Gasteiger partial charge in [0.05, 0.1) is 22.3 Å². The van der Waals surface area contributed by atoms with Crippen molar-refractivity contribution in [2.75, 3.05) is 5.32 Å². The summed E-state index contributed by atoms with van der Waals surface area (Å²) < 4.78 is 0. The molecule has 0 aliphatic carbocycles. The molecule has 0 spiro atoms. The molecule has 0 atom stereocenters. The van der Waals surface area contributed by atoms with Crippen LogP contribution in [0.2, 0.25) is 0 Å². The summed E-state index contributed by atoms with van der Waals surface area (Å²) in [5, 5.41) is 12.7. The van der Waals surface area contributed by atoms with Crippen LogP contribution in [0.3, 0.4) is 0 Å². The molecule has 0 saturated carbocycles. The first-order valence-corrected chi connectivity index (χ1v) is 6.44. The summed E-state index contributed by atoms with van der Waals surface area (Å²) in [6, 6.07) is 18.1. The van der Waals surface area contributed by atoms with Crippen molar-refractivity contribution in [2.45, 2.75) is 0 Å². The molecule has 0 aliphatic rings. The minimum Gasteiger partial charge on any atom is -0.321 e. The Hall–Kier alpha value is -3.19. The number of amides is 1. The van der Waals surface area contributed by atoms with Crippen LogP contribution in [-0.4, -0.2) is 10.9 Å². The highest BCUT2D eigenvalue weighted by Crippen LogP contribution is 2.19. The van der Waals surface area contributed by atoms with Crippen LogP contribution in [0.1, 0.15) is 15.9 Å². The number of pyridine rings is 1. The number of nitrogens with one attached hydrogen (secondary N) is 1. The number of fused-ring (bicyclic) bond motifs is 1. The molecule has 0 fully saturated rings. The van der Waals surface area contributed by atoms with Crippen molar-refractivity contribution in [3.8, 4) is 6.07 Å². The number of benzene rings is 2. The van der Waals surface area contributed by atoms with Crippen LogP contribution in [0.25, 0.3) is 10.9 Å². The molecule has 4 heteroatoms. The fourth-order valence-corrected chi connectivity index (χ4v) is 2.17. The van der Waals surface area contributed by atoms with E-state index in [1.807, 2.05) is 24.3 Å². The zero-order valence-electron chi connectivity index (χ0n) is 11.1. The number of anilines is 1. The standard InChI is InChI=1S/C17H11N3O/c18-11-13-5-1-2-9-15(13)20-17(21)14-8-3-6-12-7-4-10-19-16(12)14/h1-10H,(H,20,21). The van der Waals surface area contributed by atoms with Crippen molar-refractivity contribution in [2.24, 2.45) is 0 Å². The maximum absolute atomic E-state index is 12.4. The van der Waals surface area contributed by atoms with Gasteiger partial charge in [-0.15, -0.1) is 0 Å². The van der Waals surface area contributed by atoms with Gasteiger partial charge in [0.1, 0.15) is 6.07 Å². The fraction of sp³-hybridized carbons (Fsp3) is 0. The predicted octanol–water partition coefficient (Wildman–Crippen LogP) is 3.36. The van der Waals surface area contributed by atoms with Gasteiger partial charge in [0, 0.05) is 11.6 Å². The van der Waals surface area contributed by atoms with E-state index in [9.17, 15) is 4.79 Å². The lowest BCUT2D eigenvalue weighted by molar-refractivity contribution is 0.102. The Labute approximate surface area is 121 Å². The van der Waals surface area contributed by atoms with Crippen LogP contribution < -0.4 is 5.32 Å². The fourth-order valence-electron chi connectivity index (χ4n) is 2.17. The molecule has 1 amide bonds. The van der Waals surface area contributed by atoms with Gasteiger partial charge in [0.15, 0.2) is 0 Å². The maximum Gasteiger partial charge on any atom is 0.257 e. The minimum absolute atomic E-state index is 0.276. The first-order valence-electron chi connectivity index (χ1n) is 6.44. The van der Waals surface area contributed by atoms with E-state index in [1.165, 1.54) is 0 Å². The molecule has 1 aromatic heterocycles. The van der Waals surface area contributed by atoms with E-state index in [1.54, 1.807) is 36.5 Å². The SMILES string of the molecule is N#Cc1ccccc1NC(=O)c1cccc2cccnc12. The average Bonchev–Trinajstić information content (AvgIpc) is 2.54. The lowest BCUT2D eigenvalue weighted by Gasteiger charge is -2.08. The summed E-state index contributed by atoms with van der Waals surface area (Å²) in [5.74, 6) is -0.276. The van der Waals surface area contributed by atoms with E-state index in [4.69, 9.17) is 5.26 Å². The van der Waals surface area contributed by atoms with E-state index in [2.05, 4.69) is 16.4 Å². The molecule has 3 aromatic rings. The third kappa shape index (κ3) is 2.45. The highest BCUT2D eigenvalue weighted by molar-refractivity contribution is 6.12. The smallest absolute Gasteiger partial charge is 0.257 e. The molecule has 0 aliphatic heterocycles. The van der Waals surface area contributed by atoms with Crippen LogP contribution in [0.15, 0.2) is 60.8 Å². The van der Waals surface area contributed by atoms with Gasteiger partial charge in [-0.25, -0.2) is 0 Å². The van der Waals surface area contributed by atoms with Gasteiger partial charge in [-0.2, -0.15) is 5.26 Å². The van der Waals surface area contributed by atoms with Crippen LogP contribution in [-0.2, 0) is 0 Å². The zero-order chi connectivity index (χ0) is 14.7. The topological polar surface area (TPSA) is 65.8 Å². The largest absolute Gasteiger partial charge is 0.321 e. The molecule has 2 aromatic carbocycles. The summed E-state index contributed by atoms with van der Waals surface area (Å²) in [4.78, 5) is 16.7. The molecule has 0 saturated heterocycles. The van der Waals surface area contributed by atoms with E-state index < -0.39 is 0 Å². The van der Waals surface area contributed by atoms with Gasteiger partial charge in [0.2, 0.25) is 0 Å². The predicted molar refractivity (Wildman–Crippen MR) is 80.9 cm³/mol. The van der Waals surface area contributed by atoms with Crippen LogP contribution in [0.4, 0.5) is 5.69 Å². The number of carbonyl (C=O) groups is 1. The van der Waals surface area contributed by atoms with Crippen molar-refractivity contribution in [3.63, 3.8) is 0 Å². The molecule has 21 heavy (non-hydrogen) atoms. The Bertz CT molecular complexity index is 860. The molecular formula is C17H11N3O. The molecule has 1 heterocycles. The van der Waals surface area contributed by atoms with Crippen molar-refractivity contribution in [1.29, 1.82) is 5.26 Å². The number of hydrogen-bond donors (Lipinski definition) is 1.